The van der Waals surface area contributed by atoms with E-state index in [1.54, 1.807) is 25.3 Å². The van der Waals surface area contributed by atoms with E-state index in [9.17, 15) is 10.1 Å². The van der Waals surface area contributed by atoms with Crippen molar-refractivity contribution in [2.24, 2.45) is 0 Å². The Hall–Kier alpha value is -3.30. The Morgan fingerprint density at radius 2 is 1.72 bits per heavy atom. The maximum Gasteiger partial charge on any atom is 0.353 e. The third-order valence-electron chi connectivity index (χ3n) is 5.18. The van der Waals surface area contributed by atoms with Crippen LogP contribution in [0.1, 0.15) is 0 Å². The summed E-state index contributed by atoms with van der Waals surface area (Å²) in [6, 6.07) is 12.7. The number of aromatic nitrogens is 2. The lowest BCUT2D eigenvalue weighted by Crippen LogP contribution is -2.47. The molecule has 11 heteroatoms. The van der Waals surface area contributed by atoms with Gasteiger partial charge in [0.2, 0.25) is 11.6 Å². The molecule has 3 aromatic rings. The minimum absolute atomic E-state index is 0.0572. The number of nitrogens with zero attached hydrogens (tertiary/aromatic N) is 5. The van der Waals surface area contributed by atoms with Gasteiger partial charge in [-0.2, -0.15) is 0 Å². The van der Waals surface area contributed by atoms with Crippen molar-refractivity contribution in [1.29, 1.82) is 0 Å². The Kier molecular flexibility index (Phi) is 6.48. The number of halogens is 2. The van der Waals surface area contributed by atoms with E-state index in [4.69, 9.17) is 27.9 Å². The summed E-state index contributed by atoms with van der Waals surface area (Å²) in [4.78, 5) is 23.9. The van der Waals surface area contributed by atoms with Crippen molar-refractivity contribution in [3.05, 3.63) is 69.0 Å². The van der Waals surface area contributed by atoms with Gasteiger partial charge in [0.1, 0.15) is 12.1 Å². The summed E-state index contributed by atoms with van der Waals surface area (Å²) < 4.78 is 5.21. The second kappa shape index (κ2) is 9.46. The highest BCUT2D eigenvalue weighted by Crippen LogP contribution is 2.36. The highest BCUT2D eigenvalue weighted by molar-refractivity contribution is 6.35. The van der Waals surface area contributed by atoms with Crippen molar-refractivity contribution in [2.45, 2.75) is 0 Å². The van der Waals surface area contributed by atoms with Gasteiger partial charge < -0.3 is 19.9 Å². The summed E-state index contributed by atoms with van der Waals surface area (Å²) in [6.07, 6.45) is 1.30. The topological polar surface area (TPSA) is 96.7 Å². The van der Waals surface area contributed by atoms with E-state index in [1.807, 2.05) is 29.2 Å². The lowest BCUT2D eigenvalue weighted by Gasteiger charge is -2.36. The molecular formula is C21H20Cl2N6O3. The van der Waals surface area contributed by atoms with Crippen LogP contribution in [0.3, 0.4) is 0 Å². The van der Waals surface area contributed by atoms with Crippen molar-refractivity contribution < 1.29 is 9.66 Å². The van der Waals surface area contributed by atoms with Crippen LogP contribution in [0.25, 0.3) is 0 Å². The molecule has 1 saturated heterocycles. The maximum absolute atomic E-state index is 12.0. The van der Waals surface area contributed by atoms with E-state index in [1.165, 1.54) is 6.33 Å². The Bertz CT molecular complexity index is 1120. The molecule has 2 heterocycles. The van der Waals surface area contributed by atoms with Crippen molar-refractivity contribution >= 4 is 51.9 Å². The Balaban J connectivity index is 1.55. The number of benzene rings is 2. The third kappa shape index (κ3) is 4.63. The first-order chi connectivity index (χ1) is 15.5. The number of rotatable bonds is 6. The number of hydrogen-bond donors (Lipinski definition) is 1. The smallest absolute Gasteiger partial charge is 0.353 e. The van der Waals surface area contributed by atoms with Crippen LogP contribution in [0, 0.1) is 10.1 Å². The third-order valence-corrected chi connectivity index (χ3v) is 5.75. The van der Waals surface area contributed by atoms with Crippen LogP contribution in [-0.2, 0) is 0 Å². The summed E-state index contributed by atoms with van der Waals surface area (Å²) in [6.45, 7) is 2.52. The van der Waals surface area contributed by atoms with Gasteiger partial charge >= 0.3 is 5.69 Å². The van der Waals surface area contributed by atoms with E-state index in [0.717, 1.165) is 11.4 Å². The van der Waals surface area contributed by atoms with Crippen molar-refractivity contribution in [3.63, 3.8) is 0 Å². The molecule has 0 radical (unpaired) electrons. The van der Waals surface area contributed by atoms with Crippen molar-refractivity contribution in [3.8, 4) is 5.75 Å². The Labute approximate surface area is 194 Å². The number of ether oxygens (including phenoxy) is 1. The maximum atomic E-state index is 12.0. The molecule has 0 aliphatic carbocycles. The van der Waals surface area contributed by atoms with Crippen LogP contribution in [0.15, 0.2) is 48.8 Å². The van der Waals surface area contributed by atoms with Crippen LogP contribution in [-0.4, -0.2) is 48.2 Å². The van der Waals surface area contributed by atoms with Gasteiger partial charge in [0.25, 0.3) is 0 Å². The molecule has 0 unspecified atom stereocenters. The molecule has 2 aromatic carbocycles. The summed E-state index contributed by atoms with van der Waals surface area (Å²) in [5.74, 6) is 1.12. The molecule has 9 nitrogen and oxygen atoms in total. The molecule has 0 saturated carbocycles. The lowest BCUT2D eigenvalue weighted by molar-refractivity contribution is -0.383. The normalized spacial score (nSPS) is 13.7. The number of piperazine rings is 1. The van der Waals surface area contributed by atoms with Gasteiger partial charge in [-0.05, 0) is 42.5 Å². The first-order valence-electron chi connectivity index (χ1n) is 9.81. The zero-order chi connectivity index (χ0) is 22.7. The predicted octanol–water partition coefficient (Wildman–Crippen LogP) is 4.77. The molecule has 1 fully saturated rings. The van der Waals surface area contributed by atoms with Gasteiger partial charge in [-0.15, -0.1) is 0 Å². The number of methoxy groups -OCH3 is 1. The Morgan fingerprint density at radius 3 is 2.38 bits per heavy atom. The first kappa shape index (κ1) is 21.9. The van der Waals surface area contributed by atoms with E-state index < -0.39 is 4.92 Å². The van der Waals surface area contributed by atoms with E-state index in [2.05, 4.69) is 20.2 Å². The van der Waals surface area contributed by atoms with Gasteiger partial charge in [-0.3, -0.25) is 10.1 Å². The molecule has 166 valence electrons. The molecule has 4 rings (SSSR count). The fourth-order valence-electron chi connectivity index (χ4n) is 3.55. The fourth-order valence-corrected chi connectivity index (χ4v) is 3.89. The monoisotopic (exact) mass is 474 g/mol. The molecule has 1 aliphatic heterocycles. The van der Waals surface area contributed by atoms with E-state index in [-0.39, 0.29) is 17.3 Å². The van der Waals surface area contributed by atoms with Crippen LogP contribution >= 0.6 is 23.2 Å². The molecule has 0 atom stereocenters. The highest BCUT2D eigenvalue weighted by Gasteiger charge is 2.29. The summed E-state index contributed by atoms with van der Waals surface area (Å²) in [7, 11) is 1.63. The number of anilines is 4. The number of nitrogens with one attached hydrogen (secondary N) is 1. The second-order valence-electron chi connectivity index (χ2n) is 7.07. The minimum atomic E-state index is -0.480. The van der Waals surface area contributed by atoms with Gasteiger partial charge in [0.05, 0.1) is 22.7 Å². The highest BCUT2D eigenvalue weighted by atomic mass is 35.5. The molecule has 0 bridgehead atoms. The molecule has 1 aromatic heterocycles. The van der Waals surface area contributed by atoms with Gasteiger partial charge in [-0.25, -0.2) is 9.97 Å². The SMILES string of the molecule is COc1ccc(N2CCN(c3ncnc(Nc4cc(Cl)ccc4Cl)c3[N+](=O)[O-])CC2)cc1. The first-order valence-corrected chi connectivity index (χ1v) is 10.6. The zero-order valence-electron chi connectivity index (χ0n) is 17.2. The van der Waals surface area contributed by atoms with Gasteiger partial charge in [0, 0.05) is 36.9 Å². The van der Waals surface area contributed by atoms with Crippen molar-refractivity contribution in [2.75, 3.05) is 48.4 Å². The van der Waals surface area contributed by atoms with Crippen molar-refractivity contribution in [1.82, 2.24) is 9.97 Å². The molecule has 1 N–H and O–H groups in total. The largest absolute Gasteiger partial charge is 0.497 e. The van der Waals surface area contributed by atoms with E-state index in [0.29, 0.717) is 41.9 Å². The predicted molar refractivity (Wildman–Crippen MR) is 126 cm³/mol. The Morgan fingerprint density at radius 1 is 1.03 bits per heavy atom. The fraction of sp³-hybridized carbons (Fsp3) is 0.238. The average molecular weight is 475 g/mol. The number of nitro groups is 1. The van der Waals surface area contributed by atoms with Gasteiger partial charge in [0.15, 0.2) is 0 Å². The van der Waals surface area contributed by atoms with E-state index >= 15 is 0 Å². The molecular weight excluding hydrogens is 455 g/mol. The van der Waals surface area contributed by atoms with Gasteiger partial charge in [-0.1, -0.05) is 23.2 Å². The molecule has 0 amide bonds. The zero-order valence-corrected chi connectivity index (χ0v) is 18.7. The molecule has 32 heavy (non-hydrogen) atoms. The average Bonchev–Trinajstić information content (AvgIpc) is 2.81. The van der Waals surface area contributed by atoms with Crippen LogP contribution in [0.2, 0.25) is 10.0 Å². The minimum Gasteiger partial charge on any atom is -0.497 e. The second-order valence-corrected chi connectivity index (χ2v) is 7.92. The molecule has 1 aliphatic rings. The summed E-state index contributed by atoms with van der Waals surface area (Å²) >= 11 is 12.2. The number of hydrogen-bond acceptors (Lipinski definition) is 8. The van der Waals surface area contributed by atoms with Crippen LogP contribution < -0.4 is 19.9 Å². The van der Waals surface area contributed by atoms with Crippen LogP contribution in [0.4, 0.5) is 28.7 Å². The summed E-state index contributed by atoms with van der Waals surface area (Å²) in [5, 5.41) is 15.7. The summed E-state index contributed by atoms with van der Waals surface area (Å²) in [5.41, 5.74) is 1.29. The quantitative estimate of drug-likeness (QED) is 0.402. The standard InChI is InChI=1S/C21H20Cl2N6O3/c1-32-16-5-3-15(4-6-16)27-8-10-28(11-9-27)21-19(29(30)31)20(24-13-25-21)26-18-12-14(22)2-7-17(18)23/h2-7,12-13H,8-11H2,1H3,(H,24,25,26). The molecule has 0 spiro atoms. The lowest BCUT2D eigenvalue weighted by atomic mass is 10.2. The van der Waals surface area contributed by atoms with Crippen LogP contribution in [0.5, 0.6) is 5.75 Å².